The molecule has 82 valence electrons. The van der Waals surface area contributed by atoms with Crippen molar-refractivity contribution >= 4 is 10.0 Å². The highest BCUT2D eigenvalue weighted by molar-refractivity contribution is 7.89. The minimum absolute atomic E-state index is 0.0715. The zero-order valence-corrected chi connectivity index (χ0v) is 8.74. The first-order valence-corrected chi connectivity index (χ1v) is 6.47. The van der Waals surface area contributed by atoms with Gasteiger partial charge in [-0.1, -0.05) is 0 Å². The monoisotopic (exact) mass is 221 g/mol. The number of aliphatic hydroxyl groups excluding tert-OH is 1. The zero-order chi connectivity index (χ0) is 10.2. The van der Waals surface area contributed by atoms with Crippen LogP contribution in [0.25, 0.3) is 0 Å². The summed E-state index contributed by atoms with van der Waals surface area (Å²) < 4.78 is 30.2. The Balaban J connectivity index is 2.05. The van der Waals surface area contributed by atoms with Gasteiger partial charge in [0.15, 0.2) is 0 Å². The molecule has 0 spiro atoms. The summed E-state index contributed by atoms with van der Waals surface area (Å²) in [6.45, 7) is 0.604. The van der Waals surface area contributed by atoms with Gasteiger partial charge in [-0.05, 0) is 12.8 Å². The second-order valence-corrected chi connectivity index (χ2v) is 5.90. The van der Waals surface area contributed by atoms with Crippen molar-refractivity contribution in [3.05, 3.63) is 0 Å². The fourth-order valence-corrected chi connectivity index (χ4v) is 3.32. The Morgan fingerprint density at radius 2 is 1.86 bits per heavy atom. The Morgan fingerprint density at radius 1 is 1.29 bits per heavy atom. The second kappa shape index (κ2) is 3.77. The topological polar surface area (TPSA) is 66.8 Å². The van der Waals surface area contributed by atoms with E-state index in [9.17, 15) is 8.42 Å². The predicted octanol–water partition coefficient (Wildman–Crippen LogP) is -0.828. The van der Waals surface area contributed by atoms with Gasteiger partial charge in [-0.3, -0.25) is 0 Å². The average Bonchev–Trinajstić information content (AvgIpc) is 2.45. The molecule has 2 rings (SSSR count). The van der Waals surface area contributed by atoms with E-state index in [2.05, 4.69) is 0 Å². The first-order valence-electron chi connectivity index (χ1n) is 4.86. The zero-order valence-electron chi connectivity index (χ0n) is 7.92. The van der Waals surface area contributed by atoms with E-state index in [0.717, 1.165) is 12.8 Å². The van der Waals surface area contributed by atoms with Crippen molar-refractivity contribution < 1.29 is 18.3 Å². The van der Waals surface area contributed by atoms with Crippen LogP contribution in [0.3, 0.4) is 0 Å². The molecule has 2 aliphatic heterocycles. The number of hydrogen-bond donors (Lipinski definition) is 1. The Kier molecular flexibility index (Phi) is 2.79. The van der Waals surface area contributed by atoms with Crippen LogP contribution in [0.15, 0.2) is 0 Å². The molecule has 2 bridgehead atoms. The molecule has 0 aromatic rings. The van der Waals surface area contributed by atoms with Gasteiger partial charge in [-0.2, -0.15) is 4.31 Å². The molecule has 2 unspecified atom stereocenters. The summed E-state index contributed by atoms with van der Waals surface area (Å²) >= 11 is 0. The van der Waals surface area contributed by atoms with Gasteiger partial charge in [-0.15, -0.1) is 0 Å². The van der Waals surface area contributed by atoms with E-state index in [1.54, 1.807) is 0 Å². The van der Waals surface area contributed by atoms with E-state index in [0.29, 0.717) is 13.1 Å². The summed E-state index contributed by atoms with van der Waals surface area (Å²) in [5.74, 6) is -0.174. The molecule has 0 aromatic heterocycles. The number of sulfonamides is 1. The molecule has 2 atom stereocenters. The quantitative estimate of drug-likeness (QED) is 0.675. The number of ether oxygens (including phenoxy) is 1. The SMILES string of the molecule is O=S(=O)(CCO)N1CC2CCC(C1)O2. The van der Waals surface area contributed by atoms with Crippen molar-refractivity contribution in [2.45, 2.75) is 25.0 Å². The number of nitrogens with zero attached hydrogens (tertiary/aromatic N) is 1. The fourth-order valence-electron chi connectivity index (χ4n) is 2.05. The van der Waals surface area contributed by atoms with Gasteiger partial charge >= 0.3 is 0 Å². The Morgan fingerprint density at radius 3 is 2.36 bits per heavy atom. The molecule has 6 heteroatoms. The van der Waals surface area contributed by atoms with Crippen molar-refractivity contribution in [1.82, 2.24) is 4.31 Å². The van der Waals surface area contributed by atoms with E-state index in [1.807, 2.05) is 0 Å². The van der Waals surface area contributed by atoms with Crippen molar-refractivity contribution in [1.29, 1.82) is 0 Å². The molecule has 2 fully saturated rings. The Hall–Kier alpha value is -0.170. The van der Waals surface area contributed by atoms with Crippen LogP contribution < -0.4 is 0 Å². The van der Waals surface area contributed by atoms with Crippen LogP contribution in [0.5, 0.6) is 0 Å². The van der Waals surface area contributed by atoms with Gasteiger partial charge in [0.05, 0.1) is 24.6 Å². The lowest BCUT2D eigenvalue weighted by molar-refractivity contribution is -0.0115. The summed E-state index contributed by atoms with van der Waals surface area (Å²) in [6, 6.07) is 0. The molecule has 2 aliphatic rings. The third-order valence-corrected chi connectivity index (χ3v) is 4.54. The second-order valence-electron chi connectivity index (χ2n) is 3.81. The molecule has 0 amide bonds. The minimum atomic E-state index is -3.26. The van der Waals surface area contributed by atoms with Crippen molar-refractivity contribution in [3.63, 3.8) is 0 Å². The molecule has 5 nitrogen and oxygen atoms in total. The number of morpholine rings is 1. The fraction of sp³-hybridized carbons (Fsp3) is 1.00. The molecule has 0 aliphatic carbocycles. The van der Waals surface area contributed by atoms with Crippen LogP contribution in [0.4, 0.5) is 0 Å². The van der Waals surface area contributed by atoms with Gasteiger partial charge in [0, 0.05) is 13.1 Å². The lowest BCUT2D eigenvalue weighted by Crippen LogP contribution is -2.46. The first-order chi connectivity index (χ1) is 6.62. The highest BCUT2D eigenvalue weighted by atomic mass is 32.2. The van der Waals surface area contributed by atoms with Crippen molar-refractivity contribution in [3.8, 4) is 0 Å². The number of rotatable bonds is 3. The predicted molar refractivity (Wildman–Crippen MR) is 50.3 cm³/mol. The average molecular weight is 221 g/mol. The van der Waals surface area contributed by atoms with Gasteiger partial charge < -0.3 is 9.84 Å². The standard InChI is InChI=1S/C8H15NO4S/c10-3-4-14(11,12)9-5-7-1-2-8(6-9)13-7/h7-8,10H,1-6H2. The third-order valence-electron chi connectivity index (χ3n) is 2.75. The maximum Gasteiger partial charge on any atom is 0.216 e. The molecule has 2 saturated heterocycles. The smallest absolute Gasteiger partial charge is 0.216 e. The van der Waals surface area contributed by atoms with E-state index in [4.69, 9.17) is 9.84 Å². The summed E-state index contributed by atoms with van der Waals surface area (Å²) in [4.78, 5) is 0. The molecule has 0 radical (unpaired) electrons. The van der Waals surface area contributed by atoms with Gasteiger partial charge in [-0.25, -0.2) is 8.42 Å². The molecule has 0 saturated carbocycles. The maximum atomic E-state index is 11.6. The lowest BCUT2D eigenvalue weighted by Gasteiger charge is -2.30. The summed E-state index contributed by atoms with van der Waals surface area (Å²) in [5.41, 5.74) is 0. The van der Waals surface area contributed by atoms with E-state index in [1.165, 1.54) is 4.31 Å². The summed E-state index contributed by atoms with van der Waals surface area (Å²) in [7, 11) is -3.26. The van der Waals surface area contributed by atoms with Crippen LogP contribution in [-0.4, -0.2) is 55.5 Å². The number of fused-ring (bicyclic) bond motifs is 2. The molecule has 2 heterocycles. The highest BCUT2D eigenvalue weighted by Crippen LogP contribution is 2.27. The molecule has 14 heavy (non-hydrogen) atoms. The largest absolute Gasteiger partial charge is 0.395 e. The van der Waals surface area contributed by atoms with Gasteiger partial charge in [0.2, 0.25) is 10.0 Å². The van der Waals surface area contributed by atoms with Gasteiger partial charge in [0.25, 0.3) is 0 Å². The first kappa shape index (κ1) is 10.4. The lowest BCUT2D eigenvalue weighted by atomic mass is 10.2. The summed E-state index contributed by atoms with van der Waals surface area (Å²) in [5, 5.41) is 8.64. The Bertz CT molecular complexity index is 290. The van der Waals surface area contributed by atoms with Gasteiger partial charge in [0.1, 0.15) is 0 Å². The van der Waals surface area contributed by atoms with E-state index >= 15 is 0 Å². The highest BCUT2D eigenvalue weighted by Gasteiger charge is 2.38. The molecular formula is C8H15NO4S. The van der Waals surface area contributed by atoms with E-state index in [-0.39, 0.29) is 24.6 Å². The maximum absolute atomic E-state index is 11.6. The summed E-state index contributed by atoms with van der Waals surface area (Å²) in [6.07, 6.45) is 2.05. The molecular weight excluding hydrogens is 206 g/mol. The van der Waals surface area contributed by atoms with Crippen LogP contribution in [0.1, 0.15) is 12.8 Å². The van der Waals surface area contributed by atoms with Crippen molar-refractivity contribution in [2.75, 3.05) is 25.4 Å². The third kappa shape index (κ3) is 1.93. The van der Waals surface area contributed by atoms with Crippen LogP contribution in [-0.2, 0) is 14.8 Å². The normalized spacial score (nSPS) is 33.5. The Labute approximate surface area is 83.7 Å². The van der Waals surface area contributed by atoms with E-state index < -0.39 is 10.0 Å². The van der Waals surface area contributed by atoms with Crippen LogP contribution >= 0.6 is 0 Å². The van der Waals surface area contributed by atoms with Crippen LogP contribution in [0, 0.1) is 0 Å². The molecule has 1 N–H and O–H groups in total. The number of hydrogen-bond acceptors (Lipinski definition) is 4. The molecule has 0 aromatic carbocycles. The van der Waals surface area contributed by atoms with Crippen molar-refractivity contribution in [2.24, 2.45) is 0 Å². The minimum Gasteiger partial charge on any atom is -0.395 e. The van der Waals surface area contributed by atoms with Crippen LogP contribution in [0.2, 0.25) is 0 Å². The number of aliphatic hydroxyl groups is 1.